The van der Waals surface area contributed by atoms with Crippen LogP contribution < -0.4 is 10.6 Å². The number of carbonyl (C=O) groups is 1. The van der Waals surface area contributed by atoms with E-state index in [1.54, 1.807) is 0 Å². The number of fused-ring (bicyclic) bond motifs is 1. The summed E-state index contributed by atoms with van der Waals surface area (Å²) in [5.74, 6) is 1.93. The van der Waals surface area contributed by atoms with Gasteiger partial charge in [-0.05, 0) is 24.7 Å². The number of nitrogens with one attached hydrogen (secondary N) is 2. The molecule has 2 saturated heterocycles. The predicted octanol–water partition coefficient (Wildman–Crippen LogP) is -0.194. The van der Waals surface area contributed by atoms with Gasteiger partial charge in [-0.25, -0.2) is 0 Å². The normalized spacial score (nSPS) is 38.8. The smallest absolute Gasteiger partial charge is 0.241 e. The molecule has 0 aromatic heterocycles. The van der Waals surface area contributed by atoms with Gasteiger partial charge >= 0.3 is 0 Å². The van der Waals surface area contributed by atoms with Gasteiger partial charge in [0.2, 0.25) is 5.91 Å². The number of hydrogen-bond donors (Lipinski definition) is 2. The molecule has 3 fully saturated rings. The summed E-state index contributed by atoms with van der Waals surface area (Å²) >= 11 is 0. The molecule has 3 atom stereocenters. The van der Waals surface area contributed by atoms with Crippen LogP contribution in [0.25, 0.3) is 0 Å². The van der Waals surface area contributed by atoms with Gasteiger partial charge in [-0.15, -0.1) is 0 Å². The van der Waals surface area contributed by atoms with Crippen molar-refractivity contribution in [3.63, 3.8) is 0 Å². The topological polar surface area (TPSA) is 44.4 Å². The number of piperazine rings is 1. The van der Waals surface area contributed by atoms with E-state index in [-0.39, 0.29) is 6.04 Å². The van der Waals surface area contributed by atoms with Crippen LogP contribution in [-0.4, -0.2) is 49.6 Å². The number of amides is 1. The lowest BCUT2D eigenvalue weighted by Crippen LogP contribution is -2.56. The molecular formula is C12H21N3O. The van der Waals surface area contributed by atoms with Crippen molar-refractivity contribution in [3.8, 4) is 0 Å². The minimum Gasteiger partial charge on any atom is -0.341 e. The first-order valence-electron chi connectivity index (χ1n) is 6.57. The number of nitrogens with zero attached hydrogens (tertiary/aromatic N) is 1. The highest BCUT2D eigenvalue weighted by molar-refractivity contribution is 5.82. The molecule has 1 aliphatic carbocycles. The SMILES string of the molecule is O=C(C1CNCCN1)N1CC2CCCC2C1. The Morgan fingerprint density at radius 1 is 1.12 bits per heavy atom. The van der Waals surface area contributed by atoms with Crippen LogP contribution in [-0.2, 0) is 4.79 Å². The Morgan fingerprint density at radius 2 is 1.88 bits per heavy atom. The van der Waals surface area contributed by atoms with Crippen LogP contribution in [0.5, 0.6) is 0 Å². The first kappa shape index (κ1) is 10.5. The van der Waals surface area contributed by atoms with Crippen LogP contribution in [0.2, 0.25) is 0 Å². The van der Waals surface area contributed by atoms with E-state index in [4.69, 9.17) is 0 Å². The molecule has 1 amide bonds. The van der Waals surface area contributed by atoms with Crippen molar-refractivity contribution in [1.82, 2.24) is 15.5 Å². The Morgan fingerprint density at radius 3 is 2.50 bits per heavy atom. The second-order valence-corrected chi connectivity index (χ2v) is 5.41. The molecular weight excluding hydrogens is 202 g/mol. The van der Waals surface area contributed by atoms with Crippen molar-refractivity contribution in [2.24, 2.45) is 11.8 Å². The zero-order valence-corrected chi connectivity index (χ0v) is 9.74. The monoisotopic (exact) mass is 223 g/mol. The number of likely N-dealkylation sites (tertiary alicyclic amines) is 1. The summed E-state index contributed by atoms with van der Waals surface area (Å²) in [6, 6.07) is 0.0209. The highest BCUT2D eigenvalue weighted by atomic mass is 16.2. The summed E-state index contributed by atoms with van der Waals surface area (Å²) in [5.41, 5.74) is 0. The Labute approximate surface area is 96.8 Å². The van der Waals surface area contributed by atoms with Crippen LogP contribution in [0.1, 0.15) is 19.3 Å². The third-order valence-electron chi connectivity index (χ3n) is 4.38. The quantitative estimate of drug-likeness (QED) is 0.647. The molecule has 2 heterocycles. The van der Waals surface area contributed by atoms with Crippen LogP contribution >= 0.6 is 0 Å². The van der Waals surface area contributed by atoms with Gasteiger partial charge in [-0.1, -0.05) is 6.42 Å². The van der Waals surface area contributed by atoms with Crippen LogP contribution in [0.15, 0.2) is 0 Å². The number of hydrogen-bond acceptors (Lipinski definition) is 3. The Bertz CT molecular complexity index is 263. The van der Waals surface area contributed by atoms with Crippen LogP contribution in [0.3, 0.4) is 0 Å². The van der Waals surface area contributed by atoms with E-state index in [0.717, 1.165) is 44.6 Å². The van der Waals surface area contributed by atoms with Crippen molar-refractivity contribution in [2.45, 2.75) is 25.3 Å². The first-order valence-corrected chi connectivity index (χ1v) is 6.57. The average Bonchev–Trinajstić information content (AvgIpc) is 2.89. The summed E-state index contributed by atoms with van der Waals surface area (Å²) in [6.07, 6.45) is 4.05. The fourth-order valence-corrected chi connectivity index (χ4v) is 3.46. The van der Waals surface area contributed by atoms with Gasteiger partial charge in [0, 0.05) is 32.7 Å². The fraction of sp³-hybridized carbons (Fsp3) is 0.917. The van der Waals surface area contributed by atoms with E-state index in [9.17, 15) is 4.79 Å². The van der Waals surface area contributed by atoms with E-state index in [2.05, 4.69) is 15.5 Å². The van der Waals surface area contributed by atoms with Crippen molar-refractivity contribution < 1.29 is 4.79 Å². The molecule has 4 nitrogen and oxygen atoms in total. The fourth-order valence-electron chi connectivity index (χ4n) is 3.46. The third-order valence-corrected chi connectivity index (χ3v) is 4.38. The minimum atomic E-state index is 0.0209. The first-order chi connectivity index (χ1) is 7.84. The highest BCUT2D eigenvalue weighted by Crippen LogP contribution is 2.37. The Kier molecular flexibility index (Phi) is 2.86. The molecule has 0 radical (unpaired) electrons. The molecule has 3 aliphatic rings. The summed E-state index contributed by atoms with van der Waals surface area (Å²) in [7, 11) is 0. The molecule has 16 heavy (non-hydrogen) atoms. The van der Waals surface area contributed by atoms with E-state index in [1.165, 1.54) is 19.3 Å². The molecule has 2 aliphatic heterocycles. The summed E-state index contributed by atoms with van der Waals surface area (Å²) in [6.45, 7) is 4.72. The van der Waals surface area contributed by atoms with Crippen LogP contribution in [0.4, 0.5) is 0 Å². The van der Waals surface area contributed by atoms with Gasteiger partial charge in [0.15, 0.2) is 0 Å². The third kappa shape index (κ3) is 1.84. The largest absolute Gasteiger partial charge is 0.341 e. The molecule has 4 heteroatoms. The average molecular weight is 223 g/mol. The summed E-state index contributed by atoms with van der Waals surface area (Å²) < 4.78 is 0. The lowest BCUT2D eigenvalue weighted by atomic mass is 10.0. The van der Waals surface area contributed by atoms with Gasteiger partial charge in [0.25, 0.3) is 0 Å². The Hall–Kier alpha value is -0.610. The van der Waals surface area contributed by atoms with Gasteiger partial charge < -0.3 is 15.5 Å². The van der Waals surface area contributed by atoms with Crippen molar-refractivity contribution in [2.75, 3.05) is 32.7 Å². The molecule has 1 saturated carbocycles. The van der Waals surface area contributed by atoms with Crippen LogP contribution in [0, 0.1) is 11.8 Å². The Balaban J connectivity index is 1.59. The highest BCUT2D eigenvalue weighted by Gasteiger charge is 2.39. The number of rotatable bonds is 1. The van der Waals surface area contributed by atoms with Crippen molar-refractivity contribution in [1.29, 1.82) is 0 Å². The molecule has 0 aromatic carbocycles. The van der Waals surface area contributed by atoms with E-state index in [1.807, 2.05) is 0 Å². The maximum absolute atomic E-state index is 12.3. The van der Waals surface area contributed by atoms with Crippen molar-refractivity contribution in [3.05, 3.63) is 0 Å². The van der Waals surface area contributed by atoms with E-state index in [0.29, 0.717) is 5.91 Å². The summed E-state index contributed by atoms with van der Waals surface area (Å²) in [4.78, 5) is 14.4. The molecule has 3 unspecified atom stereocenters. The zero-order valence-electron chi connectivity index (χ0n) is 9.74. The van der Waals surface area contributed by atoms with E-state index < -0.39 is 0 Å². The van der Waals surface area contributed by atoms with Gasteiger partial charge in [0.05, 0.1) is 6.04 Å². The molecule has 0 spiro atoms. The summed E-state index contributed by atoms with van der Waals surface area (Å²) in [5, 5.41) is 6.59. The molecule has 3 rings (SSSR count). The maximum atomic E-state index is 12.3. The lowest BCUT2D eigenvalue weighted by molar-refractivity contribution is -0.132. The van der Waals surface area contributed by atoms with Gasteiger partial charge in [-0.2, -0.15) is 0 Å². The van der Waals surface area contributed by atoms with Crippen molar-refractivity contribution >= 4 is 5.91 Å². The molecule has 0 bridgehead atoms. The maximum Gasteiger partial charge on any atom is 0.241 e. The molecule has 2 N–H and O–H groups in total. The van der Waals surface area contributed by atoms with Gasteiger partial charge in [-0.3, -0.25) is 4.79 Å². The lowest BCUT2D eigenvalue weighted by Gasteiger charge is -2.28. The predicted molar refractivity (Wildman–Crippen MR) is 62.1 cm³/mol. The molecule has 0 aromatic rings. The van der Waals surface area contributed by atoms with Gasteiger partial charge in [0.1, 0.15) is 0 Å². The standard InChI is InChI=1S/C12H21N3O/c16-12(11-6-13-4-5-14-11)15-7-9-2-1-3-10(9)8-15/h9-11,13-14H,1-8H2. The minimum absolute atomic E-state index is 0.0209. The zero-order chi connectivity index (χ0) is 11.0. The van der Waals surface area contributed by atoms with E-state index >= 15 is 0 Å². The second kappa shape index (κ2) is 4.34. The number of carbonyl (C=O) groups excluding carboxylic acids is 1. The second-order valence-electron chi connectivity index (χ2n) is 5.41. The molecule has 90 valence electrons.